The number of primary amides is 1. The third kappa shape index (κ3) is 3.32. The number of hydrogen-bond acceptors (Lipinski definition) is 3. The number of carbonyl (C=O) groups is 1. The van der Waals surface area contributed by atoms with E-state index in [-0.39, 0.29) is 5.82 Å². The van der Waals surface area contributed by atoms with Gasteiger partial charge in [-0.2, -0.15) is 5.06 Å². The molecule has 5 nitrogen and oxygen atoms in total. The largest absolute Gasteiger partial charge is 0.457 e. The number of hydroxylamine groups is 2. The number of rotatable bonds is 4. The summed E-state index contributed by atoms with van der Waals surface area (Å²) in [6.07, 6.45) is 2.28. The molecule has 3 N–H and O–H groups in total. The van der Waals surface area contributed by atoms with Gasteiger partial charge in [-0.05, 0) is 54.0 Å². The fraction of sp³-hybridized carbons (Fsp3) is 0.118. The average molecular weight is 314 g/mol. The molecule has 0 aliphatic heterocycles. The van der Waals surface area contributed by atoms with Gasteiger partial charge in [0, 0.05) is 0 Å². The minimum atomic E-state index is -0.876. The normalized spacial score (nSPS) is 16.3. The molecule has 6 heteroatoms. The monoisotopic (exact) mass is 314 g/mol. The van der Waals surface area contributed by atoms with E-state index in [2.05, 4.69) is 0 Å². The molecule has 2 amide bonds. The number of hydrogen-bond donors (Lipinski definition) is 2. The lowest BCUT2D eigenvalue weighted by Gasteiger charge is -2.30. The van der Waals surface area contributed by atoms with Crippen LogP contribution >= 0.6 is 0 Å². The SMILES string of the molecule is NC(=O)N(O)C1C=C(c2cccc(Oc3ccc(F)cc3)c2)C1. The summed E-state index contributed by atoms with van der Waals surface area (Å²) >= 11 is 0. The van der Waals surface area contributed by atoms with Crippen molar-refractivity contribution >= 4 is 11.6 Å². The van der Waals surface area contributed by atoms with E-state index in [1.165, 1.54) is 12.1 Å². The maximum atomic E-state index is 12.9. The van der Waals surface area contributed by atoms with Crippen molar-refractivity contribution in [1.82, 2.24) is 5.06 Å². The molecular formula is C17H15FN2O3. The Balaban J connectivity index is 1.72. The second-order valence-corrected chi connectivity index (χ2v) is 5.23. The van der Waals surface area contributed by atoms with Crippen LogP contribution in [0.2, 0.25) is 0 Å². The Morgan fingerprint density at radius 2 is 1.91 bits per heavy atom. The van der Waals surface area contributed by atoms with E-state index in [1.54, 1.807) is 24.3 Å². The maximum absolute atomic E-state index is 12.9. The van der Waals surface area contributed by atoms with E-state index < -0.39 is 12.1 Å². The molecule has 1 atom stereocenters. The van der Waals surface area contributed by atoms with E-state index >= 15 is 0 Å². The van der Waals surface area contributed by atoms with Crippen molar-refractivity contribution in [2.24, 2.45) is 5.73 Å². The molecule has 0 bridgehead atoms. The Labute approximate surface area is 132 Å². The van der Waals surface area contributed by atoms with Crippen LogP contribution in [0, 0.1) is 5.82 Å². The van der Waals surface area contributed by atoms with E-state index in [9.17, 15) is 14.4 Å². The van der Waals surface area contributed by atoms with E-state index in [1.807, 2.05) is 18.2 Å². The van der Waals surface area contributed by atoms with Crippen molar-refractivity contribution in [3.05, 3.63) is 66.0 Å². The van der Waals surface area contributed by atoms with Gasteiger partial charge in [0.25, 0.3) is 0 Å². The zero-order valence-corrected chi connectivity index (χ0v) is 12.1. The van der Waals surface area contributed by atoms with Gasteiger partial charge < -0.3 is 10.5 Å². The minimum absolute atomic E-state index is 0.320. The smallest absolute Gasteiger partial charge is 0.339 e. The third-order valence-corrected chi connectivity index (χ3v) is 3.62. The molecule has 0 saturated carbocycles. The minimum Gasteiger partial charge on any atom is -0.457 e. The van der Waals surface area contributed by atoms with E-state index in [4.69, 9.17) is 10.5 Å². The fourth-order valence-corrected chi connectivity index (χ4v) is 2.36. The Morgan fingerprint density at radius 3 is 2.57 bits per heavy atom. The highest BCUT2D eigenvalue weighted by Crippen LogP contribution is 2.34. The van der Waals surface area contributed by atoms with Crippen LogP contribution in [0.4, 0.5) is 9.18 Å². The van der Waals surface area contributed by atoms with Gasteiger partial charge in [-0.25, -0.2) is 9.18 Å². The molecule has 0 heterocycles. The van der Waals surface area contributed by atoms with E-state index in [0.717, 1.165) is 11.1 Å². The van der Waals surface area contributed by atoms with Crippen molar-refractivity contribution in [3.63, 3.8) is 0 Å². The fourth-order valence-electron chi connectivity index (χ4n) is 2.36. The zero-order chi connectivity index (χ0) is 16.4. The maximum Gasteiger partial charge on any atom is 0.339 e. The number of nitrogens with two attached hydrogens (primary N) is 1. The summed E-state index contributed by atoms with van der Waals surface area (Å²) in [7, 11) is 0. The molecule has 1 aliphatic carbocycles. The number of halogens is 1. The summed E-state index contributed by atoms with van der Waals surface area (Å²) in [6, 6.07) is 11.9. The van der Waals surface area contributed by atoms with Crippen LogP contribution in [0.5, 0.6) is 11.5 Å². The quantitative estimate of drug-likeness (QED) is 0.669. The van der Waals surface area contributed by atoms with Gasteiger partial charge in [-0.1, -0.05) is 18.2 Å². The second kappa shape index (κ2) is 6.10. The highest BCUT2D eigenvalue weighted by Gasteiger charge is 2.27. The van der Waals surface area contributed by atoms with Gasteiger partial charge >= 0.3 is 6.03 Å². The molecule has 23 heavy (non-hydrogen) atoms. The van der Waals surface area contributed by atoms with Gasteiger partial charge in [0.2, 0.25) is 0 Å². The van der Waals surface area contributed by atoms with Crippen LogP contribution in [0.15, 0.2) is 54.6 Å². The summed E-state index contributed by atoms with van der Waals surface area (Å²) in [5, 5.41) is 9.96. The Bertz CT molecular complexity index is 759. The summed E-state index contributed by atoms with van der Waals surface area (Å²) in [6.45, 7) is 0. The predicted molar refractivity (Wildman–Crippen MR) is 82.5 cm³/mol. The molecule has 2 aromatic rings. The van der Waals surface area contributed by atoms with Crippen molar-refractivity contribution < 1.29 is 19.1 Å². The van der Waals surface area contributed by atoms with Crippen molar-refractivity contribution in [3.8, 4) is 11.5 Å². The number of ether oxygens (including phenoxy) is 1. The lowest BCUT2D eigenvalue weighted by Crippen LogP contribution is -2.43. The summed E-state index contributed by atoms with van der Waals surface area (Å²) < 4.78 is 18.6. The average Bonchev–Trinajstić information content (AvgIpc) is 2.48. The molecular weight excluding hydrogens is 299 g/mol. The molecule has 0 spiro atoms. The van der Waals surface area contributed by atoms with Gasteiger partial charge in [0.15, 0.2) is 0 Å². The number of benzene rings is 2. The van der Waals surface area contributed by atoms with Crippen molar-refractivity contribution in [2.45, 2.75) is 12.5 Å². The molecule has 2 aromatic carbocycles. The Hall–Kier alpha value is -2.86. The van der Waals surface area contributed by atoms with Gasteiger partial charge in [-0.15, -0.1) is 0 Å². The molecule has 0 radical (unpaired) electrons. The molecule has 0 fully saturated rings. The van der Waals surface area contributed by atoms with Gasteiger partial charge in [0.05, 0.1) is 6.04 Å². The van der Waals surface area contributed by atoms with Gasteiger partial charge in [-0.3, -0.25) is 5.21 Å². The van der Waals surface area contributed by atoms with E-state index in [0.29, 0.717) is 23.0 Å². The van der Waals surface area contributed by atoms with Crippen LogP contribution in [0.3, 0.4) is 0 Å². The number of urea groups is 1. The Kier molecular flexibility index (Phi) is 3.99. The standard InChI is InChI=1S/C17H15FN2O3/c18-13-4-6-15(7-5-13)23-16-3-1-2-11(10-16)12-8-14(9-12)20(22)17(19)21/h1-8,10,14,22H,9H2,(H2,19,21). The van der Waals surface area contributed by atoms with Crippen LogP contribution < -0.4 is 10.5 Å². The highest BCUT2D eigenvalue weighted by atomic mass is 19.1. The van der Waals surface area contributed by atoms with Crippen LogP contribution in [-0.4, -0.2) is 22.3 Å². The van der Waals surface area contributed by atoms with Crippen LogP contribution in [-0.2, 0) is 0 Å². The first-order valence-corrected chi connectivity index (χ1v) is 7.05. The highest BCUT2D eigenvalue weighted by molar-refractivity contribution is 5.77. The molecule has 1 aliphatic rings. The van der Waals surface area contributed by atoms with Crippen LogP contribution in [0.1, 0.15) is 12.0 Å². The number of nitrogens with zero attached hydrogens (tertiary/aromatic N) is 1. The molecule has 0 aromatic heterocycles. The summed E-state index contributed by atoms with van der Waals surface area (Å²) in [5.74, 6) is 0.841. The molecule has 3 rings (SSSR count). The zero-order valence-electron chi connectivity index (χ0n) is 12.1. The number of carbonyl (C=O) groups excluding carboxylic acids is 1. The predicted octanol–water partition coefficient (Wildman–Crippen LogP) is 3.54. The first kappa shape index (κ1) is 15.1. The molecule has 1 unspecified atom stereocenters. The van der Waals surface area contributed by atoms with Crippen molar-refractivity contribution in [2.75, 3.05) is 0 Å². The first-order chi connectivity index (χ1) is 11.0. The molecule has 118 valence electrons. The first-order valence-electron chi connectivity index (χ1n) is 7.05. The topological polar surface area (TPSA) is 75.8 Å². The summed E-state index contributed by atoms with van der Waals surface area (Å²) in [4.78, 5) is 10.9. The Morgan fingerprint density at radius 1 is 1.22 bits per heavy atom. The van der Waals surface area contributed by atoms with Crippen LogP contribution in [0.25, 0.3) is 5.57 Å². The summed E-state index contributed by atoms with van der Waals surface area (Å²) in [5.41, 5.74) is 6.93. The lowest BCUT2D eigenvalue weighted by atomic mass is 9.87. The van der Waals surface area contributed by atoms with Gasteiger partial charge in [0.1, 0.15) is 17.3 Å². The lowest BCUT2D eigenvalue weighted by molar-refractivity contribution is -0.0631. The molecule has 0 saturated heterocycles. The third-order valence-electron chi connectivity index (χ3n) is 3.62. The second-order valence-electron chi connectivity index (χ2n) is 5.23. The van der Waals surface area contributed by atoms with Crippen molar-refractivity contribution in [1.29, 1.82) is 0 Å². The number of amides is 2.